The molecule has 1 nitrogen and oxygen atoms in total. The van der Waals surface area contributed by atoms with Crippen LogP contribution < -0.4 is 0 Å². The zero-order valence-corrected chi connectivity index (χ0v) is 6.38. The van der Waals surface area contributed by atoms with Crippen molar-refractivity contribution in [2.24, 2.45) is 23.2 Å². The maximum absolute atomic E-state index is 9.65. The second kappa shape index (κ2) is 1.29. The van der Waals surface area contributed by atoms with Gasteiger partial charge in [-0.2, -0.15) is 0 Å². The van der Waals surface area contributed by atoms with Crippen LogP contribution in [-0.4, -0.2) is 11.2 Å². The van der Waals surface area contributed by atoms with E-state index in [0.717, 1.165) is 11.8 Å². The molecule has 0 aliphatic heterocycles. The molecule has 4 fully saturated rings. The molecule has 0 aromatic heterocycles. The zero-order valence-electron chi connectivity index (χ0n) is 6.38. The number of aliphatic hydroxyl groups excluding tert-OH is 1. The van der Waals surface area contributed by atoms with Gasteiger partial charge in [-0.3, -0.25) is 0 Å². The maximum atomic E-state index is 9.65. The van der Waals surface area contributed by atoms with Gasteiger partial charge in [0.1, 0.15) is 0 Å². The average molecular weight is 138 g/mol. The lowest BCUT2D eigenvalue weighted by Crippen LogP contribution is -2.09. The molecule has 10 heavy (non-hydrogen) atoms. The molecular weight excluding hydrogens is 124 g/mol. The third kappa shape index (κ3) is 0.334. The number of hydrogen-bond donors (Lipinski definition) is 1. The van der Waals surface area contributed by atoms with Crippen molar-refractivity contribution in [2.75, 3.05) is 0 Å². The first-order valence-electron chi connectivity index (χ1n) is 4.47. The molecule has 4 aliphatic carbocycles. The fourth-order valence-corrected chi connectivity index (χ4v) is 3.95. The van der Waals surface area contributed by atoms with Crippen LogP contribution in [0.2, 0.25) is 0 Å². The van der Waals surface area contributed by atoms with Crippen molar-refractivity contribution < 1.29 is 5.11 Å². The van der Waals surface area contributed by atoms with Gasteiger partial charge < -0.3 is 5.11 Å². The maximum Gasteiger partial charge on any atom is 0.0605 e. The van der Waals surface area contributed by atoms with E-state index in [0.29, 0.717) is 11.3 Å². The molecule has 5 atom stereocenters. The van der Waals surface area contributed by atoms with E-state index in [1.54, 1.807) is 0 Å². The van der Waals surface area contributed by atoms with Gasteiger partial charge in [-0.25, -0.2) is 0 Å². The van der Waals surface area contributed by atoms with Gasteiger partial charge >= 0.3 is 0 Å². The lowest BCUT2D eigenvalue weighted by atomic mass is 10.0. The minimum absolute atomic E-state index is 0.102. The van der Waals surface area contributed by atoms with Crippen LogP contribution in [-0.2, 0) is 0 Å². The summed E-state index contributed by atoms with van der Waals surface area (Å²) in [7, 11) is 0. The Bertz CT molecular complexity index is 189. The highest BCUT2D eigenvalue weighted by Gasteiger charge is 2.77. The molecule has 4 saturated carbocycles. The summed E-state index contributed by atoms with van der Waals surface area (Å²) in [5.74, 6) is 2.38. The normalized spacial score (nSPS) is 69.0. The van der Waals surface area contributed by atoms with E-state index < -0.39 is 0 Å². The summed E-state index contributed by atoms with van der Waals surface area (Å²) in [6.45, 7) is 2.29. The van der Waals surface area contributed by atoms with E-state index in [9.17, 15) is 5.11 Å². The highest BCUT2D eigenvalue weighted by Crippen LogP contribution is 2.80. The highest BCUT2D eigenvalue weighted by molar-refractivity contribution is 5.25. The topological polar surface area (TPSA) is 20.2 Å². The van der Waals surface area contributed by atoms with Gasteiger partial charge in [0.25, 0.3) is 0 Å². The Morgan fingerprint density at radius 3 is 2.60 bits per heavy atom. The molecule has 4 aliphatic rings. The summed E-state index contributed by atoms with van der Waals surface area (Å²) in [6, 6.07) is 0. The van der Waals surface area contributed by atoms with Gasteiger partial charge in [0, 0.05) is 0 Å². The molecule has 1 heteroatoms. The van der Waals surface area contributed by atoms with Crippen molar-refractivity contribution in [3.63, 3.8) is 0 Å². The number of rotatable bonds is 1. The van der Waals surface area contributed by atoms with Crippen LogP contribution in [0.25, 0.3) is 0 Å². The average Bonchev–Trinajstić information content (AvgIpc) is 2.36. The van der Waals surface area contributed by atoms with Crippen LogP contribution in [0.5, 0.6) is 0 Å². The number of aliphatic hydroxyl groups is 1. The molecular formula is C9H14O. The predicted molar refractivity (Wildman–Crippen MR) is 38.4 cm³/mol. The molecule has 0 saturated heterocycles. The third-order valence-corrected chi connectivity index (χ3v) is 4.43. The van der Waals surface area contributed by atoms with Gasteiger partial charge in [-0.15, -0.1) is 0 Å². The van der Waals surface area contributed by atoms with Gasteiger partial charge in [0.2, 0.25) is 0 Å². The standard InChI is InChI=1S/C9H14O/c1-2-9-4-5-3-6(9)7(9)8(5)10/h5-8,10H,2-4H2,1H3. The first kappa shape index (κ1) is 5.59. The van der Waals surface area contributed by atoms with Gasteiger partial charge in [-0.1, -0.05) is 6.92 Å². The van der Waals surface area contributed by atoms with Crippen LogP contribution in [0.3, 0.4) is 0 Å². The highest BCUT2D eigenvalue weighted by atomic mass is 16.3. The quantitative estimate of drug-likeness (QED) is 0.581. The van der Waals surface area contributed by atoms with Crippen molar-refractivity contribution in [3.8, 4) is 0 Å². The van der Waals surface area contributed by atoms with E-state index in [-0.39, 0.29) is 6.10 Å². The molecule has 0 radical (unpaired) electrons. The van der Waals surface area contributed by atoms with Crippen molar-refractivity contribution in [2.45, 2.75) is 32.3 Å². The first-order chi connectivity index (χ1) is 4.79. The summed E-state index contributed by atoms with van der Waals surface area (Å²) in [5.41, 5.74) is 0.657. The van der Waals surface area contributed by atoms with Crippen molar-refractivity contribution in [1.82, 2.24) is 0 Å². The monoisotopic (exact) mass is 138 g/mol. The third-order valence-electron chi connectivity index (χ3n) is 4.43. The summed E-state index contributed by atoms with van der Waals surface area (Å²) in [4.78, 5) is 0. The van der Waals surface area contributed by atoms with Gasteiger partial charge in [0.05, 0.1) is 6.10 Å². The molecule has 4 rings (SSSR count). The van der Waals surface area contributed by atoms with Crippen LogP contribution in [0.1, 0.15) is 26.2 Å². The summed E-state index contributed by atoms with van der Waals surface area (Å²) >= 11 is 0. The minimum Gasteiger partial charge on any atom is -0.393 e. The van der Waals surface area contributed by atoms with Gasteiger partial charge in [-0.05, 0) is 42.4 Å². The smallest absolute Gasteiger partial charge is 0.0605 e. The van der Waals surface area contributed by atoms with Crippen LogP contribution >= 0.6 is 0 Å². The fraction of sp³-hybridized carbons (Fsp3) is 1.00. The molecule has 4 bridgehead atoms. The van der Waals surface area contributed by atoms with E-state index in [4.69, 9.17) is 0 Å². The number of hydrogen-bond acceptors (Lipinski definition) is 1. The van der Waals surface area contributed by atoms with Crippen molar-refractivity contribution >= 4 is 0 Å². The Morgan fingerprint density at radius 2 is 2.40 bits per heavy atom. The molecule has 0 amide bonds. The summed E-state index contributed by atoms with van der Waals surface area (Å²) < 4.78 is 0. The van der Waals surface area contributed by atoms with Gasteiger partial charge in [0.15, 0.2) is 0 Å². The molecule has 56 valence electrons. The Morgan fingerprint density at radius 1 is 1.60 bits per heavy atom. The molecule has 0 spiro atoms. The SMILES string of the molecule is CCC12CC3CC1C2C3O. The lowest BCUT2D eigenvalue weighted by Gasteiger charge is -2.03. The van der Waals surface area contributed by atoms with E-state index >= 15 is 0 Å². The van der Waals surface area contributed by atoms with Crippen LogP contribution in [0, 0.1) is 23.2 Å². The molecule has 0 heterocycles. The minimum atomic E-state index is 0.102. The largest absolute Gasteiger partial charge is 0.393 e. The summed E-state index contributed by atoms with van der Waals surface area (Å²) in [5, 5.41) is 9.65. The predicted octanol–water partition coefficient (Wildman–Crippen LogP) is 1.41. The second-order valence-electron chi connectivity index (χ2n) is 4.41. The Hall–Kier alpha value is -0.0400. The first-order valence-corrected chi connectivity index (χ1v) is 4.47. The fourth-order valence-electron chi connectivity index (χ4n) is 3.95. The van der Waals surface area contributed by atoms with Crippen LogP contribution in [0.4, 0.5) is 0 Å². The van der Waals surface area contributed by atoms with Crippen LogP contribution in [0.15, 0.2) is 0 Å². The summed E-state index contributed by atoms with van der Waals surface area (Å²) in [6.07, 6.45) is 4.11. The zero-order chi connectivity index (χ0) is 6.93. The van der Waals surface area contributed by atoms with Crippen molar-refractivity contribution in [3.05, 3.63) is 0 Å². The Labute approximate surface area is 61.4 Å². The van der Waals surface area contributed by atoms with Crippen molar-refractivity contribution in [1.29, 1.82) is 0 Å². The molecule has 5 unspecified atom stereocenters. The molecule has 0 aromatic carbocycles. The Balaban J connectivity index is 2.01. The molecule has 0 aromatic rings. The van der Waals surface area contributed by atoms with E-state index in [1.165, 1.54) is 19.3 Å². The lowest BCUT2D eigenvalue weighted by molar-refractivity contribution is 0.133. The van der Waals surface area contributed by atoms with E-state index in [1.807, 2.05) is 0 Å². The molecule has 1 N–H and O–H groups in total. The van der Waals surface area contributed by atoms with E-state index in [2.05, 4.69) is 6.92 Å². The second-order valence-corrected chi connectivity index (χ2v) is 4.41. The Kier molecular flexibility index (Phi) is 0.722.